The number of carbonyl (C=O) groups is 1. The number of nitrogens with one attached hydrogen (secondary N) is 2. The van der Waals surface area contributed by atoms with Crippen LogP contribution in [0.2, 0.25) is 0 Å². The average Bonchev–Trinajstić information content (AvgIpc) is 2.95. The highest BCUT2D eigenvalue weighted by atomic mass is 16.5. The van der Waals surface area contributed by atoms with Crippen molar-refractivity contribution in [3.8, 4) is 11.4 Å². The Morgan fingerprint density at radius 2 is 2.05 bits per heavy atom. The number of hydrogen-bond acceptors (Lipinski definition) is 5. The maximum Gasteiger partial charge on any atom is 0.238 e. The summed E-state index contributed by atoms with van der Waals surface area (Å²) in [4.78, 5) is 18.4. The minimum Gasteiger partial charge on any atom is -0.379 e. The summed E-state index contributed by atoms with van der Waals surface area (Å²) in [5.74, 6) is 1.42. The first kappa shape index (κ1) is 14.7. The number of benzene rings is 1. The lowest BCUT2D eigenvalue weighted by atomic mass is 10.2. The molecule has 1 amide bonds. The zero-order valence-electron chi connectivity index (χ0n) is 12.5. The summed E-state index contributed by atoms with van der Waals surface area (Å²) in [5, 5.41) is 9.83. The highest BCUT2D eigenvalue weighted by molar-refractivity contribution is 5.92. The summed E-state index contributed by atoms with van der Waals surface area (Å²) in [6, 6.07) is 7.51. The number of anilines is 1. The van der Waals surface area contributed by atoms with Gasteiger partial charge in [-0.1, -0.05) is 0 Å². The van der Waals surface area contributed by atoms with Crippen molar-refractivity contribution >= 4 is 11.6 Å². The van der Waals surface area contributed by atoms with Crippen molar-refractivity contribution in [3.05, 3.63) is 30.1 Å². The van der Waals surface area contributed by atoms with Crippen molar-refractivity contribution in [2.45, 2.75) is 6.92 Å². The third-order valence-electron chi connectivity index (χ3n) is 3.49. The van der Waals surface area contributed by atoms with Crippen LogP contribution in [0.1, 0.15) is 5.82 Å². The van der Waals surface area contributed by atoms with Crippen molar-refractivity contribution in [2.75, 3.05) is 38.2 Å². The Morgan fingerprint density at radius 1 is 1.32 bits per heavy atom. The monoisotopic (exact) mass is 301 g/mol. The van der Waals surface area contributed by atoms with Crippen LogP contribution in [0.15, 0.2) is 24.3 Å². The lowest BCUT2D eigenvalue weighted by molar-refractivity contribution is -0.118. The van der Waals surface area contributed by atoms with Crippen LogP contribution in [0.4, 0.5) is 5.69 Å². The SMILES string of the molecule is Cc1nc(-c2ccc(NC(=O)CN3CCOCC3)cc2)n[nH]1. The number of nitrogens with zero attached hydrogens (tertiary/aromatic N) is 3. The normalized spacial score (nSPS) is 15.7. The van der Waals surface area contributed by atoms with Crippen molar-refractivity contribution in [2.24, 2.45) is 0 Å². The molecule has 116 valence electrons. The number of ether oxygens (including phenoxy) is 1. The Kier molecular flexibility index (Phi) is 4.45. The zero-order chi connectivity index (χ0) is 15.4. The van der Waals surface area contributed by atoms with E-state index in [-0.39, 0.29) is 5.91 Å². The molecule has 7 heteroatoms. The molecule has 2 heterocycles. The number of aryl methyl sites for hydroxylation is 1. The van der Waals surface area contributed by atoms with Crippen LogP contribution in [0.5, 0.6) is 0 Å². The van der Waals surface area contributed by atoms with Crippen LogP contribution in [0.3, 0.4) is 0 Å². The zero-order valence-corrected chi connectivity index (χ0v) is 12.5. The predicted octanol–water partition coefficient (Wildman–Crippen LogP) is 1.05. The van der Waals surface area contributed by atoms with Gasteiger partial charge in [-0.2, -0.15) is 5.10 Å². The van der Waals surface area contributed by atoms with Gasteiger partial charge in [-0.25, -0.2) is 4.98 Å². The van der Waals surface area contributed by atoms with Gasteiger partial charge in [-0.3, -0.25) is 14.8 Å². The summed E-state index contributed by atoms with van der Waals surface area (Å²) in [5.41, 5.74) is 1.68. The molecule has 0 aliphatic carbocycles. The second-order valence-electron chi connectivity index (χ2n) is 5.26. The number of hydrogen-bond donors (Lipinski definition) is 2. The minimum atomic E-state index is -0.0108. The molecule has 1 fully saturated rings. The van der Waals surface area contributed by atoms with Gasteiger partial charge in [0.25, 0.3) is 0 Å². The molecule has 0 atom stereocenters. The summed E-state index contributed by atoms with van der Waals surface area (Å²) in [6.45, 7) is 5.24. The first-order valence-electron chi connectivity index (χ1n) is 7.30. The van der Waals surface area contributed by atoms with Crippen LogP contribution in [-0.2, 0) is 9.53 Å². The topological polar surface area (TPSA) is 83.1 Å². The van der Waals surface area contributed by atoms with E-state index < -0.39 is 0 Å². The predicted molar refractivity (Wildman–Crippen MR) is 82.4 cm³/mol. The van der Waals surface area contributed by atoms with E-state index in [1.807, 2.05) is 31.2 Å². The first-order chi connectivity index (χ1) is 10.7. The number of H-pyrrole nitrogens is 1. The molecule has 0 unspecified atom stereocenters. The molecule has 1 saturated heterocycles. The molecular weight excluding hydrogens is 282 g/mol. The van der Waals surface area contributed by atoms with Gasteiger partial charge in [0.05, 0.1) is 19.8 Å². The molecule has 1 aromatic heterocycles. The fourth-order valence-corrected chi connectivity index (χ4v) is 2.34. The summed E-state index contributed by atoms with van der Waals surface area (Å²) < 4.78 is 5.27. The number of aromatic nitrogens is 3. The van der Waals surface area contributed by atoms with Gasteiger partial charge in [0.2, 0.25) is 5.91 Å². The Balaban J connectivity index is 1.57. The van der Waals surface area contributed by atoms with Gasteiger partial charge in [0, 0.05) is 24.3 Å². The molecular formula is C15H19N5O2. The maximum atomic E-state index is 12.0. The fourth-order valence-electron chi connectivity index (χ4n) is 2.34. The lowest BCUT2D eigenvalue weighted by Gasteiger charge is -2.25. The molecule has 1 aliphatic rings. The van der Waals surface area contributed by atoms with Gasteiger partial charge in [-0.15, -0.1) is 0 Å². The number of carbonyl (C=O) groups excluding carboxylic acids is 1. The van der Waals surface area contributed by atoms with Crippen molar-refractivity contribution in [1.29, 1.82) is 0 Å². The van der Waals surface area contributed by atoms with Crippen LogP contribution in [0, 0.1) is 6.92 Å². The maximum absolute atomic E-state index is 12.0. The standard InChI is InChI=1S/C15H19N5O2/c1-11-16-15(19-18-11)12-2-4-13(5-3-12)17-14(21)10-20-6-8-22-9-7-20/h2-5H,6-10H2,1H3,(H,17,21)(H,16,18,19). The molecule has 0 spiro atoms. The summed E-state index contributed by atoms with van der Waals surface area (Å²) >= 11 is 0. The van der Waals surface area contributed by atoms with Crippen LogP contribution in [0.25, 0.3) is 11.4 Å². The van der Waals surface area contributed by atoms with E-state index in [1.165, 1.54) is 0 Å². The van der Waals surface area contributed by atoms with Crippen molar-refractivity contribution < 1.29 is 9.53 Å². The molecule has 1 aromatic carbocycles. The highest BCUT2D eigenvalue weighted by Crippen LogP contribution is 2.17. The van der Waals surface area contributed by atoms with E-state index in [0.29, 0.717) is 25.6 Å². The molecule has 1 aliphatic heterocycles. The Labute approximate surface area is 128 Å². The summed E-state index contributed by atoms with van der Waals surface area (Å²) in [6.07, 6.45) is 0. The Morgan fingerprint density at radius 3 is 2.68 bits per heavy atom. The van der Waals surface area contributed by atoms with Gasteiger partial charge >= 0.3 is 0 Å². The van der Waals surface area contributed by atoms with E-state index in [1.54, 1.807) is 0 Å². The molecule has 2 aromatic rings. The van der Waals surface area contributed by atoms with Gasteiger partial charge in [0.15, 0.2) is 5.82 Å². The van der Waals surface area contributed by atoms with E-state index >= 15 is 0 Å². The first-order valence-corrected chi connectivity index (χ1v) is 7.30. The van der Waals surface area contributed by atoms with Crippen molar-refractivity contribution in [3.63, 3.8) is 0 Å². The molecule has 0 bridgehead atoms. The quantitative estimate of drug-likeness (QED) is 0.882. The number of amides is 1. The smallest absolute Gasteiger partial charge is 0.238 e. The molecule has 7 nitrogen and oxygen atoms in total. The molecule has 2 N–H and O–H groups in total. The largest absolute Gasteiger partial charge is 0.379 e. The molecule has 0 radical (unpaired) electrons. The van der Waals surface area contributed by atoms with Gasteiger partial charge in [-0.05, 0) is 31.2 Å². The number of aromatic amines is 1. The third kappa shape index (κ3) is 3.69. The fraction of sp³-hybridized carbons (Fsp3) is 0.400. The molecule has 0 saturated carbocycles. The van der Waals surface area contributed by atoms with Crippen LogP contribution >= 0.6 is 0 Å². The van der Waals surface area contributed by atoms with Crippen LogP contribution < -0.4 is 5.32 Å². The van der Waals surface area contributed by atoms with Gasteiger partial charge in [0.1, 0.15) is 5.82 Å². The lowest BCUT2D eigenvalue weighted by Crippen LogP contribution is -2.41. The Hall–Kier alpha value is -2.25. The summed E-state index contributed by atoms with van der Waals surface area (Å²) in [7, 11) is 0. The van der Waals surface area contributed by atoms with E-state index in [4.69, 9.17) is 4.74 Å². The second-order valence-corrected chi connectivity index (χ2v) is 5.26. The Bertz CT molecular complexity index is 632. The van der Waals surface area contributed by atoms with Crippen molar-refractivity contribution in [1.82, 2.24) is 20.1 Å². The average molecular weight is 301 g/mol. The van der Waals surface area contributed by atoms with Gasteiger partial charge < -0.3 is 10.1 Å². The van der Waals surface area contributed by atoms with E-state index in [0.717, 1.165) is 30.2 Å². The number of rotatable bonds is 4. The third-order valence-corrected chi connectivity index (χ3v) is 3.49. The van der Waals surface area contributed by atoms with E-state index in [2.05, 4.69) is 25.4 Å². The molecule has 22 heavy (non-hydrogen) atoms. The minimum absolute atomic E-state index is 0.0108. The molecule has 3 rings (SSSR count). The van der Waals surface area contributed by atoms with E-state index in [9.17, 15) is 4.79 Å². The highest BCUT2D eigenvalue weighted by Gasteiger charge is 2.14. The second kappa shape index (κ2) is 6.67. The number of morpholine rings is 1. The van der Waals surface area contributed by atoms with Crippen LogP contribution in [-0.4, -0.2) is 58.8 Å².